The van der Waals surface area contributed by atoms with E-state index in [1.807, 2.05) is 0 Å². The van der Waals surface area contributed by atoms with Gasteiger partial charge in [-0.15, -0.1) is 0 Å². The number of rotatable bonds is 3. The molecule has 108 valence electrons. The Kier molecular flexibility index (Phi) is 3.58. The minimum absolute atomic E-state index is 0.000487. The summed E-state index contributed by atoms with van der Waals surface area (Å²) in [5.41, 5.74) is 5.94. The SMILES string of the molecule is C=C(N)/C(CC1=NC(=O)N(C)C1=O)=c1/ccc(=O)oc1=C. The highest BCUT2D eigenvalue weighted by Gasteiger charge is 2.30. The largest absolute Gasteiger partial charge is 0.423 e. The summed E-state index contributed by atoms with van der Waals surface area (Å²) in [7, 11) is 1.34. The fourth-order valence-corrected chi connectivity index (χ4v) is 1.91. The predicted octanol–water partition coefficient (Wildman–Crippen LogP) is -0.904. The van der Waals surface area contributed by atoms with Crippen molar-refractivity contribution in [2.75, 3.05) is 7.05 Å². The lowest BCUT2D eigenvalue weighted by Crippen LogP contribution is -2.33. The van der Waals surface area contributed by atoms with Crippen LogP contribution in [0.4, 0.5) is 4.79 Å². The Bertz CT molecular complexity index is 848. The van der Waals surface area contributed by atoms with E-state index in [-0.39, 0.29) is 23.2 Å². The Hall–Kier alpha value is -2.96. The summed E-state index contributed by atoms with van der Waals surface area (Å²) >= 11 is 0. The number of amides is 3. The van der Waals surface area contributed by atoms with E-state index in [0.717, 1.165) is 4.90 Å². The lowest BCUT2D eigenvalue weighted by atomic mass is 10.0. The van der Waals surface area contributed by atoms with E-state index in [9.17, 15) is 14.4 Å². The molecule has 0 unspecified atom stereocenters. The number of nitrogens with zero attached hydrogens (tertiary/aromatic N) is 2. The zero-order chi connectivity index (χ0) is 15.7. The third kappa shape index (κ3) is 2.66. The highest BCUT2D eigenvalue weighted by molar-refractivity contribution is 6.47. The van der Waals surface area contributed by atoms with Crippen LogP contribution in [0.5, 0.6) is 0 Å². The van der Waals surface area contributed by atoms with Crippen molar-refractivity contribution < 1.29 is 14.0 Å². The minimum Gasteiger partial charge on any atom is -0.423 e. The number of nitrogens with two attached hydrogens (primary N) is 1. The Labute approximate surface area is 119 Å². The van der Waals surface area contributed by atoms with Gasteiger partial charge < -0.3 is 10.2 Å². The molecular formula is C14H13N3O4. The highest BCUT2D eigenvalue weighted by atomic mass is 16.4. The Morgan fingerprint density at radius 2 is 2.05 bits per heavy atom. The molecule has 0 saturated heterocycles. The van der Waals surface area contributed by atoms with Gasteiger partial charge in [0.05, 0.1) is 0 Å². The van der Waals surface area contributed by atoms with Crippen LogP contribution in [0.3, 0.4) is 0 Å². The van der Waals surface area contributed by atoms with Gasteiger partial charge in [0, 0.05) is 30.5 Å². The molecule has 0 aliphatic carbocycles. The molecule has 0 spiro atoms. The number of carbonyl (C=O) groups is 2. The van der Waals surface area contributed by atoms with Crippen LogP contribution in [0.1, 0.15) is 6.42 Å². The van der Waals surface area contributed by atoms with Crippen LogP contribution in [-0.4, -0.2) is 29.6 Å². The monoisotopic (exact) mass is 287 g/mol. The zero-order valence-electron chi connectivity index (χ0n) is 11.4. The van der Waals surface area contributed by atoms with Crippen LogP contribution in [0.25, 0.3) is 12.2 Å². The topological polar surface area (TPSA) is 106 Å². The summed E-state index contributed by atoms with van der Waals surface area (Å²) in [5, 5.41) is 0.444. The molecule has 3 amide bonds. The molecule has 1 aliphatic rings. The molecular weight excluding hydrogens is 274 g/mol. The maximum Gasteiger partial charge on any atom is 0.350 e. The summed E-state index contributed by atoms with van der Waals surface area (Å²) in [4.78, 5) is 38.9. The fourth-order valence-electron chi connectivity index (χ4n) is 1.91. The first-order valence-electron chi connectivity index (χ1n) is 5.98. The summed E-state index contributed by atoms with van der Waals surface area (Å²) in [6.07, 6.45) is 0.000487. The minimum atomic E-state index is -0.633. The number of carbonyl (C=O) groups excluding carboxylic acids is 2. The molecule has 0 fully saturated rings. The molecule has 7 nitrogen and oxygen atoms in total. The van der Waals surface area contributed by atoms with E-state index < -0.39 is 17.6 Å². The summed E-state index contributed by atoms with van der Waals surface area (Å²) < 4.78 is 4.89. The van der Waals surface area contributed by atoms with Crippen LogP contribution >= 0.6 is 0 Å². The molecule has 7 heteroatoms. The molecule has 21 heavy (non-hydrogen) atoms. The van der Waals surface area contributed by atoms with Crippen LogP contribution < -0.4 is 22.0 Å². The molecule has 0 aromatic carbocycles. The molecule has 1 aliphatic heterocycles. The molecule has 2 heterocycles. The van der Waals surface area contributed by atoms with Crippen molar-refractivity contribution in [3.63, 3.8) is 0 Å². The third-order valence-corrected chi connectivity index (χ3v) is 3.04. The van der Waals surface area contributed by atoms with Crippen molar-refractivity contribution in [1.82, 2.24) is 4.90 Å². The molecule has 1 aromatic heterocycles. The van der Waals surface area contributed by atoms with Gasteiger partial charge in [0.25, 0.3) is 5.91 Å². The zero-order valence-corrected chi connectivity index (χ0v) is 11.4. The average molecular weight is 287 g/mol. The Morgan fingerprint density at radius 1 is 1.38 bits per heavy atom. The van der Waals surface area contributed by atoms with E-state index in [0.29, 0.717) is 10.8 Å². The van der Waals surface area contributed by atoms with Crippen molar-refractivity contribution in [2.24, 2.45) is 10.7 Å². The first kappa shape index (κ1) is 14.4. The van der Waals surface area contributed by atoms with Gasteiger partial charge in [-0.1, -0.05) is 13.2 Å². The van der Waals surface area contributed by atoms with Gasteiger partial charge in [-0.2, -0.15) is 4.99 Å². The number of hydrogen-bond acceptors (Lipinski definition) is 5. The third-order valence-electron chi connectivity index (χ3n) is 3.04. The van der Waals surface area contributed by atoms with E-state index >= 15 is 0 Å². The second-order valence-electron chi connectivity index (χ2n) is 4.48. The van der Waals surface area contributed by atoms with Gasteiger partial charge in [-0.3, -0.25) is 9.69 Å². The predicted molar refractivity (Wildman–Crippen MR) is 76.7 cm³/mol. The van der Waals surface area contributed by atoms with Crippen molar-refractivity contribution in [3.05, 3.63) is 45.5 Å². The van der Waals surface area contributed by atoms with E-state index in [1.165, 1.54) is 19.2 Å². The second kappa shape index (κ2) is 5.20. The maximum atomic E-state index is 11.8. The van der Waals surface area contributed by atoms with Crippen molar-refractivity contribution in [2.45, 2.75) is 6.42 Å². The molecule has 2 rings (SSSR count). The fraction of sp³-hybridized carbons (Fsp3) is 0.143. The molecule has 1 aromatic rings. The van der Waals surface area contributed by atoms with Crippen LogP contribution in [0.2, 0.25) is 0 Å². The molecule has 0 atom stereocenters. The van der Waals surface area contributed by atoms with E-state index in [2.05, 4.69) is 18.2 Å². The summed E-state index contributed by atoms with van der Waals surface area (Å²) in [6, 6.07) is 2.06. The molecule has 2 N–H and O–H groups in total. The Morgan fingerprint density at radius 3 is 2.52 bits per heavy atom. The van der Waals surface area contributed by atoms with Gasteiger partial charge in [0.15, 0.2) is 0 Å². The number of hydrogen-bond donors (Lipinski definition) is 1. The quantitative estimate of drug-likeness (QED) is 0.775. The van der Waals surface area contributed by atoms with Crippen molar-refractivity contribution in [3.8, 4) is 0 Å². The first-order valence-corrected chi connectivity index (χ1v) is 5.98. The number of allylic oxidation sites excluding steroid dienone is 1. The molecule has 0 saturated carbocycles. The highest BCUT2D eigenvalue weighted by Crippen LogP contribution is 2.14. The van der Waals surface area contributed by atoms with Gasteiger partial charge in [0.1, 0.15) is 11.1 Å². The first-order chi connectivity index (χ1) is 9.81. The van der Waals surface area contributed by atoms with Crippen molar-refractivity contribution in [1.29, 1.82) is 0 Å². The van der Waals surface area contributed by atoms with Gasteiger partial charge in [-0.25, -0.2) is 9.59 Å². The second-order valence-corrected chi connectivity index (χ2v) is 4.48. The Balaban J connectivity index is 2.57. The van der Waals surface area contributed by atoms with Gasteiger partial charge in [-0.05, 0) is 11.6 Å². The molecule has 0 bridgehead atoms. The summed E-state index contributed by atoms with van der Waals surface area (Å²) in [6.45, 7) is 7.25. The van der Waals surface area contributed by atoms with Gasteiger partial charge >= 0.3 is 11.7 Å². The number of urea groups is 1. The van der Waals surface area contributed by atoms with Gasteiger partial charge in [0.2, 0.25) is 0 Å². The van der Waals surface area contributed by atoms with Crippen molar-refractivity contribution >= 4 is 29.8 Å². The van der Waals surface area contributed by atoms with E-state index in [4.69, 9.17) is 10.2 Å². The maximum absolute atomic E-state index is 11.8. The lowest BCUT2D eigenvalue weighted by Gasteiger charge is -2.07. The van der Waals surface area contributed by atoms with E-state index in [1.54, 1.807) is 0 Å². The standard InChI is InChI=1S/C14H13N3O4/c1-7(15)10(9-4-5-12(18)21-8(9)2)6-11-13(19)17(3)14(20)16-11/h4-5H,1-2,6,15H2,3H3/b10-9-. The average Bonchev–Trinajstić information content (AvgIpc) is 2.64. The number of imide groups is 1. The van der Waals surface area contributed by atoms with Crippen LogP contribution in [-0.2, 0) is 4.79 Å². The normalized spacial score (nSPS) is 16.0. The smallest absolute Gasteiger partial charge is 0.350 e. The van der Waals surface area contributed by atoms with Crippen LogP contribution in [0, 0.1) is 0 Å². The van der Waals surface area contributed by atoms with Crippen LogP contribution in [0.15, 0.2) is 38.6 Å². The number of aliphatic imine (C=N–C) groups is 1. The molecule has 0 radical (unpaired) electrons. The lowest BCUT2D eigenvalue weighted by molar-refractivity contribution is -0.119. The summed E-state index contributed by atoms with van der Waals surface area (Å²) in [5.74, 6) is -0.498.